The molecule has 0 saturated heterocycles. The van der Waals surface area contributed by atoms with E-state index >= 15 is 0 Å². The third kappa shape index (κ3) is 4.44. The highest BCUT2D eigenvalue weighted by molar-refractivity contribution is 6.45. The molecule has 3 nitrogen and oxygen atoms in total. The zero-order valence-electron chi connectivity index (χ0n) is 12.0. The van der Waals surface area contributed by atoms with Crippen molar-refractivity contribution < 1.29 is 22.7 Å². The number of methoxy groups -OCH3 is 1. The van der Waals surface area contributed by atoms with Crippen LogP contribution >= 0.6 is 0 Å². The molecule has 0 aliphatic carbocycles. The first-order valence-electron chi connectivity index (χ1n) is 6.30. The predicted octanol–water partition coefficient (Wildman–Crippen LogP) is 4.28. The summed E-state index contributed by atoms with van der Waals surface area (Å²) in [5.41, 5.74) is -0.634. The van der Waals surface area contributed by atoms with Crippen LogP contribution in [-0.2, 0) is 6.18 Å². The maximum Gasteiger partial charge on any atom is 0.416 e. The molecule has 0 heterocycles. The summed E-state index contributed by atoms with van der Waals surface area (Å²) < 4.78 is 42.8. The first-order valence-corrected chi connectivity index (χ1v) is 6.30. The number of allylic oxidation sites excluding steroid dienone is 1. The summed E-state index contributed by atoms with van der Waals surface area (Å²) in [4.78, 5) is 16.1. The van der Waals surface area contributed by atoms with Crippen molar-refractivity contribution in [3.63, 3.8) is 0 Å². The van der Waals surface area contributed by atoms with Gasteiger partial charge in [0.05, 0.1) is 23.9 Å². The number of hydrogen-bond donors (Lipinski definition) is 0. The largest absolute Gasteiger partial charge is 0.496 e. The van der Waals surface area contributed by atoms with Crippen LogP contribution in [0.15, 0.2) is 35.5 Å². The van der Waals surface area contributed by atoms with Gasteiger partial charge in [0.2, 0.25) is 5.78 Å². The van der Waals surface area contributed by atoms with E-state index in [1.54, 1.807) is 6.08 Å². The van der Waals surface area contributed by atoms with Crippen LogP contribution in [0.2, 0.25) is 0 Å². The van der Waals surface area contributed by atoms with E-state index in [9.17, 15) is 18.0 Å². The van der Waals surface area contributed by atoms with Gasteiger partial charge in [0.25, 0.3) is 0 Å². The fourth-order valence-electron chi connectivity index (χ4n) is 1.58. The molecule has 1 aromatic rings. The van der Waals surface area contributed by atoms with Gasteiger partial charge < -0.3 is 4.74 Å². The summed E-state index contributed by atoms with van der Waals surface area (Å²) in [6.45, 7) is 3.42. The number of aliphatic imine (C=N–C) groups is 1. The maximum atomic E-state index is 12.6. The van der Waals surface area contributed by atoms with Crippen LogP contribution in [0.1, 0.15) is 36.2 Å². The van der Waals surface area contributed by atoms with Crippen molar-refractivity contribution in [2.24, 2.45) is 4.99 Å². The second-order valence-corrected chi connectivity index (χ2v) is 4.25. The van der Waals surface area contributed by atoms with Crippen molar-refractivity contribution in [3.05, 3.63) is 41.6 Å². The molecule has 0 aliphatic heterocycles. The Labute approximate surface area is 121 Å². The smallest absolute Gasteiger partial charge is 0.416 e. The molecule has 6 heteroatoms. The number of carbonyl (C=O) groups excluding carboxylic acids is 1. The molecule has 114 valence electrons. The van der Waals surface area contributed by atoms with Crippen molar-refractivity contribution in [3.8, 4) is 5.75 Å². The van der Waals surface area contributed by atoms with Gasteiger partial charge in [-0.15, -0.1) is 0 Å². The molecule has 1 rings (SSSR count). The van der Waals surface area contributed by atoms with Crippen LogP contribution in [0.3, 0.4) is 0 Å². The highest BCUT2D eigenvalue weighted by atomic mass is 19.4. The van der Waals surface area contributed by atoms with Crippen LogP contribution in [0.5, 0.6) is 5.75 Å². The van der Waals surface area contributed by atoms with E-state index in [4.69, 9.17) is 4.74 Å². The molecule has 1 aromatic carbocycles. The number of ketones is 1. The maximum absolute atomic E-state index is 12.6. The first-order chi connectivity index (χ1) is 9.81. The Morgan fingerprint density at radius 2 is 2.05 bits per heavy atom. The van der Waals surface area contributed by atoms with E-state index in [1.165, 1.54) is 20.2 Å². The molecule has 0 atom stereocenters. The lowest BCUT2D eigenvalue weighted by atomic mass is 10.0. The summed E-state index contributed by atoms with van der Waals surface area (Å²) in [5.74, 6) is -0.592. The topological polar surface area (TPSA) is 38.7 Å². The molecule has 0 radical (unpaired) electrons. The number of benzene rings is 1. The van der Waals surface area contributed by atoms with E-state index in [1.807, 2.05) is 6.92 Å². The van der Waals surface area contributed by atoms with E-state index < -0.39 is 17.5 Å². The fraction of sp³-hybridized carbons (Fsp3) is 0.333. The summed E-state index contributed by atoms with van der Waals surface area (Å²) in [7, 11) is 1.22. The molecule has 0 amide bonds. The van der Waals surface area contributed by atoms with Gasteiger partial charge in [-0.3, -0.25) is 9.79 Å². The number of ether oxygens (including phenoxy) is 1. The molecule has 0 N–H and O–H groups in total. The molecular weight excluding hydrogens is 283 g/mol. The quantitative estimate of drug-likeness (QED) is 0.601. The molecular formula is C15H16F3NO2. The van der Waals surface area contributed by atoms with Crippen molar-refractivity contribution in [2.75, 3.05) is 7.11 Å². The van der Waals surface area contributed by atoms with Crippen molar-refractivity contribution in [2.45, 2.75) is 26.4 Å². The summed E-state index contributed by atoms with van der Waals surface area (Å²) in [5, 5.41) is 0. The standard InChI is InChI=1S/C15H16F3NO2/c1-4-5-8-19-10(2)14(20)12-7-6-11(15(16,17)18)9-13(12)21-3/h5-9H,4H2,1-3H3/b8-5-,19-10?. The number of rotatable bonds is 5. The lowest BCUT2D eigenvalue weighted by molar-refractivity contribution is -0.137. The Kier molecular flexibility index (Phi) is 5.69. The SMILES string of the molecule is CC/C=C\N=C(C)C(=O)c1ccc(C(F)(F)F)cc1OC. The van der Waals surface area contributed by atoms with Gasteiger partial charge in [-0.25, -0.2) is 0 Å². The van der Waals surface area contributed by atoms with Gasteiger partial charge in [0.15, 0.2) is 0 Å². The third-order valence-corrected chi connectivity index (χ3v) is 2.71. The van der Waals surface area contributed by atoms with Gasteiger partial charge in [-0.2, -0.15) is 13.2 Å². The number of hydrogen-bond acceptors (Lipinski definition) is 3. The summed E-state index contributed by atoms with van der Waals surface area (Å²) in [6.07, 6.45) is -0.457. The predicted molar refractivity (Wildman–Crippen MR) is 74.9 cm³/mol. The van der Waals surface area contributed by atoms with Crippen LogP contribution in [0.4, 0.5) is 13.2 Å². The zero-order valence-corrected chi connectivity index (χ0v) is 12.0. The highest BCUT2D eigenvalue weighted by Gasteiger charge is 2.32. The average Bonchev–Trinajstić information content (AvgIpc) is 2.45. The van der Waals surface area contributed by atoms with Crippen LogP contribution in [0, 0.1) is 0 Å². The van der Waals surface area contributed by atoms with E-state index in [0.717, 1.165) is 24.6 Å². The van der Waals surface area contributed by atoms with Gasteiger partial charge >= 0.3 is 6.18 Å². The number of Topliss-reactive ketones (excluding diaryl/α,β-unsaturated/α-hetero) is 1. The van der Waals surface area contributed by atoms with Crippen LogP contribution < -0.4 is 4.74 Å². The highest BCUT2D eigenvalue weighted by Crippen LogP contribution is 2.33. The van der Waals surface area contributed by atoms with Crippen molar-refractivity contribution in [1.29, 1.82) is 0 Å². The van der Waals surface area contributed by atoms with E-state index in [-0.39, 0.29) is 17.0 Å². The van der Waals surface area contributed by atoms with Crippen molar-refractivity contribution in [1.82, 2.24) is 0 Å². The first kappa shape index (κ1) is 16.9. The van der Waals surface area contributed by atoms with Gasteiger partial charge in [-0.05, 0) is 31.5 Å². The minimum absolute atomic E-state index is 0.0525. The van der Waals surface area contributed by atoms with Crippen LogP contribution in [-0.4, -0.2) is 18.6 Å². The molecule has 0 bridgehead atoms. The lowest BCUT2D eigenvalue weighted by Gasteiger charge is -2.11. The Bertz CT molecular complexity index is 575. The molecule has 0 spiro atoms. The second kappa shape index (κ2) is 7.06. The molecule has 0 aromatic heterocycles. The lowest BCUT2D eigenvalue weighted by Crippen LogP contribution is -2.13. The number of alkyl halides is 3. The number of carbonyl (C=O) groups is 1. The van der Waals surface area contributed by atoms with Gasteiger partial charge in [0, 0.05) is 6.20 Å². The summed E-state index contributed by atoms with van der Waals surface area (Å²) >= 11 is 0. The fourth-order valence-corrected chi connectivity index (χ4v) is 1.58. The Morgan fingerprint density at radius 1 is 1.38 bits per heavy atom. The third-order valence-electron chi connectivity index (χ3n) is 2.71. The van der Waals surface area contributed by atoms with Crippen molar-refractivity contribution >= 4 is 11.5 Å². The van der Waals surface area contributed by atoms with Crippen LogP contribution in [0.25, 0.3) is 0 Å². The average molecular weight is 299 g/mol. The van der Waals surface area contributed by atoms with E-state index in [2.05, 4.69) is 4.99 Å². The summed E-state index contributed by atoms with van der Waals surface area (Å²) in [6, 6.07) is 2.76. The zero-order chi connectivity index (χ0) is 16.0. The van der Waals surface area contributed by atoms with Gasteiger partial charge in [0.1, 0.15) is 5.75 Å². The molecule has 0 aliphatic rings. The molecule has 0 unspecified atom stereocenters. The Balaban J connectivity index is 3.16. The monoisotopic (exact) mass is 299 g/mol. The Morgan fingerprint density at radius 3 is 2.57 bits per heavy atom. The van der Waals surface area contributed by atoms with Gasteiger partial charge in [-0.1, -0.05) is 13.0 Å². The normalized spacial score (nSPS) is 12.8. The molecule has 0 fully saturated rings. The minimum atomic E-state index is -4.48. The minimum Gasteiger partial charge on any atom is -0.496 e. The molecule has 0 saturated carbocycles. The molecule has 21 heavy (non-hydrogen) atoms. The van der Waals surface area contributed by atoms with E-state index in [0.29, 0.717) is 0 Å². The number of halogens is 3. The number of nitrogens with zero attached hydrogens (tertiary/aromatic N) is 1. The second-order valence-electron chi connectivity index (χ2n) is 4.25. The Hall–Kier alpha value is -2.11.